The first-order valence-corrected chi connectivity index (χ1v) is 15.7. The third-order valence-corrected chi connectivity index (χ3v) is 8.69. The van der Waals surface area contributed by atoms with Crippen molar-refractivity contribution < 1.29 is 47.2 Å². The third kappa shape index (κ3) is 8.71. The van der Waals surface area contributed by atoms with E-state index in [-0.39, 0.29) is 39.3 Å². The summed E-state index contributed by atoms with van der Waals surface area (Å²) in [6, 6.07) is 12.1. The predicted octanol–water partition coefficient (Wildman–Crippen LogP) is 5.25. The molecular formula is C33H30F2N2O8S2. The predicted molar refractivity (Wildman–Crippen MR) is 175 cm³/mol. The number of thiocarbonyl (C=S) groups is 1. The van der Waals surface area contributed by atoms with Crippen LogP contribution >= 0.6 is 24.0 Å². The van der Waals surface area contributed by atoms with Crippen molar-refractivity contribution in [3.05, 3.63) is 82.3 Å². The summed E-state index contributed by atoms with van der Waals surface area (Å²) in [5.74, 6) is -3.15. The van der Waals surface area contributed by atoms with E-state index in [9.17, 15) is 28.3 Å². The summed E-state index contributed by atoms with van der Waals surface area (Å²) >= 11 is 6.49. The summed E-state index contributed by atoms with van der Waals surface area (Å²) in [6.07, 6.45) is 1.40. The molecule has 1 N–H and O–H groups in total. The largest absolute Gasteiger partial charge is 0.493 e. The van der Waals surface area contributed by atoms with Gasteiger partial charge >= 0.3 is 11.9 Å². The quantitative estimate of drug-likeness (QED) is 0.117. The fourth-order valence-corrected chi connectivity index (χ4v) is 6.20. The first-order valence-electron chi connectivity index (χ1n) is 14.5. The standard InChI is InChI=1S/C33H30F2N2O8S2/c1-42-28-17-21(32(40)41)3-5-27(28)45-30(38)6-7-37-31(39)29(47-33(37)46)18-23-14-20(22-15-24(34)19-25(35)16-22)2-4-26(23)44-13-10-36-8-11-43-12-9-36/h2-5,14-19H,6-13H2,1H3,(H,40,41). The van der Waals surface area contributed by atoms with Crippen molar-refractivity contribution in [3.8, 4) is 28.4 Å². The van der Waals surface area contributed by atoms with Crippen molar-refractivity contribution in [3.63, 3.8) is 0 Å². The summed E-state index contributed by atoms with van der Waals surface area (Å²) in [5, 5.41) is 9.18. The van der Waals surface area contributed by atoms with Crippen molar-refractivity contribution in [2.45, 2.75) is 6.42 Å². The van der Waals surface area contributed by atoms with Gasteiger partial charge in [-0.15, -0.1) is 0 Å². The lowest BCUT2D eigenvalue weighted by Crippen LogP contribution is -2.38. The van der Waals surface area contributed by atoms with Gasteiger partial charge in [-0.05, 0) is 59.7 Å². The monoisotopic (exact) mass is 684 g/mol. The Kier molecular flexibility index (Phi) is 11.2. The summed E-state index contributed by atoms with van der Waals surface area (Å²) < 4.78 is 50.3. The van der Waals surface area contributed by atoms with Crippen molar-refractivity contribution in [2.24, 2.45) is 0 Å². The molecule has 246 valence electrons. The molecule has 1 amide bonds. The number of carboxylic acids is 1. The molecular weight excluding hydrogens is 654 g/mol. The van der Waals surface area contributed by atoms with Crippen LogP contribution in [-0.2, 0) is 14.3 Å². The van der Waals surface area contributed by atoms with Gasteiger partial charge < -0.3 is 24.1 Å². The number of carbonyl (C=O) groups is 3. The summed E-state index contributed by atoms with van der Waals surface area (Å²) in [7, 11) is 1.32. The zero-order chi connectivity index (χ0) is 33.5. The van der Waals surface area contributed by atoms with Crippen LogP contribution in [0.4, 0.5) is 8.78 Å². The minimum Gasteiger partial charge on any atom is -0.493 e. The van der Waals surface area contributed by atoms with Gasteiger partial charge in [-0.25, -0.2) is 13.6 Å². The molecule has 47 heavy (non-hydrogen) atoms. The fraction of sp³-hybridized carbons (Fsp3) is 0.273. The maximum Gasteiger partial charge on any atom is 0.335 e. The van der Waals surface area contributed by atoms with Crippen LogP contribution in [0.1, 0.15) is 22.3 Å². The van der Waals surface area contributed by atoms with E-state index in [1.54, 1.807) is 24.3 Å². The Morgan fingerprint density at radius 1 is 0.979 bits per heavy atom. The minimum absolute atomic E-state index is 0.0343. The number of ether oxygens (including phenoxy) is 4. The fourth-order valence-electron chi connectivity index (χ4n) is 4.90. The second-order valence-corrected chi connectivity index (χ2v) is 12.1. The van der Waals surface area contributed by atoms with Crippen LogP contribution in [0.2, 0.25) is 0 Å². The highest BCUT2D eigenvalue weighted by molar-refractivity contribution is 8.26. The average Bonchev–Trinajstić information content (AvgIpc) is 3.31. The van der Waals surface area contributed by atoms with E-state index in [2.05, 4.69) is 4.90 Å². The molecule has 0 bridgehead atoms. The molecule has 2 aliphatic heterocycles. The maximum atomic E-state index is 14.0. The zero-order valence-electron chi connectivity index (χ0n) is 25.2. The van der Waals surface area contributed by atoms with Gasteiger partial charge in [0.25, 0.3) is 5.91 Å². The Labute approximate surface area is 278 Å². The van der Waals surface area contributed by atoms with Crippen LogP contribution in [0, 0.1) is 11.6 Å². The number of carboxylic acid groups (broad SMARTS) is 1. The third-order valence-electron chi connectivity index (χ3n) is 7.31. The van der Waals surface area contributed by atoms with Crippen LogP contribution in [0.15, 0.2) is 59.5 Å². The molecule has 3 aromatic carbocycles. The molecule has 0 unspecified atom stereocenters. The van der Waals surface area contributed by atoms with Crippen LogP contribution in [0.3, 0.4) is 0 Å². The van der Waals surface area contributed by atoms with Gasteiger partial charge in [0.2, 0.25) is 0 Å². The van der Waals surface area contributed by atoms with Crippen LogP contribution in [0.5, 0.6) is 17.2 Å². The van der Waals surface area contributed by atoms with Gasteiger partial charge in [0, 0.05) is 37.8 Å². The van der Waals surface area contributed by atoms with Crippen molar-refractivity contribution in [1.29, 1.82) is 0 Å². The molecule has 0 spiro atoms. The number of esters is 1. The number of benzene rings is 3. The number of nitrogens with zero attached hydrogens (tertiary/aromatic N) is 2. The van der Waals surface area contributed by atoms with E-state index in [0.717, 1.165) is 30.9 Å². The number of aromatic carboxylic acids is 1. The molecule has 2 heterocycles. The lowest BCUT2D eigenvalue weighted by molar-refractivity contribution is -0.135. The summed E-state index contributed by atoms with van der Waals surface area (Å²) in [4.78, 5) is 41.1. The number of rotatable bonds is 12. The van der Waals surface area contributed by atoms with E-state index in [1.807, 2.05) is 0 Å². The average molecular weight is 685 g/mol. The lowest BCUT2D eigenvalue weighted by atomic mass is 10.0. The number of carbonyl (C=O) groups excluding carboxylic acids is 2. The van der Waals surface area contributed by atoms with E-state index in [1.165, 1.54) is 42.3 Å². The topological polar surface area (TPSA) is 115 Å². The van der Waals surface area contributed by atoms with E-state index < -0.39 is 29.5 Å². The van der Waals surface area contributed by atoms with Gasteiger partial charge in [-0.3, -0.25) is 19.4 Å². The number of methoxy groups -OCH3 is 1. The van der Waals surface area contributed by atoms with Crippen LogP contribution in [0.25, 0.3) is 17.2 Å². The van der Waals surface area contributed by atoms with Gasteiger partial charge in [0.15, 0.2) is 11.5 Å². The van der Waals surface area contributed by atoms with Gasteiger partial charge in [-0.1, -0.05) is 30.0 Å². The number of thioether (sulfide) groups is 1. The van der Waals surface area contributed by atoms with Crippen LogP contribution in [-0.4, -0.2) is 90.2 Å². The van der Waals surface area contributed by atoms with Gasteiger partial charge in [-0.2, -0.15) is 0 Å². The highest BCUT2D eigenvalue weighted by Gasteiger charge is 2.33. The second kappa shape index (κ2) is 15.5. The number of hydrogen-bond acceptors (Lipinski definition) is 10. The molecule has 0 aromatic heterocycles. The smallest absolute Gasteiger partial charge is 0.335 e. The Hall–Kier alpha value is -4.37. The number of hydrogen-bond donors (Lipinski definition) is 1. The molecule has 5 rings (SSSR count). The van der Waals surface area contributed by atoms with Crippen molar-refractivity contribution in [1.82, 2.24) is 9.80 Å². The molecule has 0 radical (unpaired) electrons. The molecule has 0 aliphatic carbocycles. The molecule has 10 nitrogen and oxygen atoms in total. The SMILES string of the molecule is COc1cc(C(=O)O)ccc1OC(=O)CCN1C(=O)C(=Cc2cc(-c3cc(F)cc(F)c3)ccc2OCCN2CCOCC2)SC1=S. The Bertz CT molecular complexity index is 1710. The normalized spacial score (nSPS) is 16.1. The molecule has 0 saturated carbocycles. The maximum absolute atomic E-state index is 14.0. The van der Waals surface area contributed by atoms with Crippen molar-refractivity contribution in [2.75, 3.05) is 53.1 Å². The molecule has 2 fully saturated rings. The molecule has 0 atom stereocenters. The molecule has 14 heteroatoms. The highest BCUT2D eigenvalue weighted by Crippen LogP contribution is 2.36. The van der Waals surface area contributed by atoms with E-state index >= 15 is 0 Å². The van der Waals surface area contributed by atoms with E-state index in [0.29, 0.717) is 48.8 Å². The summed E-state index contributed by atoms with van der Waals surface area (Å²) in [6.45, 7) is 3.84. The van der Waals surface area contributed by atoms with Gasteiger partial charge in [0.05, 0.1) is 37.2 Å². The Balaban J connectivity index is 1.31. The zero-order valence-corrected chi connectivity index (χ0v) is 26.8. The minimum atomic E-state index is -1.16. The first-order chi connectivity index (χ1) is 22.6. The lowest BCUT2D eigenvalue weighted by Gasteiger charge is -2.26. The number of halogens is 2. The second-order valence-electron chi connectivity index (χ2n) is 10.4. The Morgan fingerprint density at radius 3 is 2.40 bits per heavy atom. The first kappa shape index (κ1) is 34.0. The molecule has 2 aliphatic rings. The van der Waals surface area contributed by atoms with Crippen LogP contribution < -0.4 is 14.2 Å². The Morgan fingerprint density at radius 2 is 1.70 bits per heavy atom. The molecule has 3 aromatic rings. The van der Waals surface area contributed by atoms with Gasteiger partial charge in [0.1, 0.15) is 28.3 Å². The molecule has 2 saturated heterocycles. The number of amides is 1. The number of morpholine rings is 1. The van der Waals surface area contributed by atoms with E-state index in [4.69, 9.17) is 31.2 Å². The highest BCUT2D eigenvalue weighted by atomic mass is 32.2. The van der Waals surface area contributed by atoms with Crippen molar-refractivity contribution >= 4 is 52.2 Å². The summed E-state index contributed by atoms with van der Waals surface area (Å²) in [5.41, 5.74) is 1.30.